The molecule has 2 aliphatic rings. The van der Waals surface area contributed by atoms with Crippen LogP contribution in [-0.4, -0.2) is 25.0 Å². The number of hydrogen-bond donors (Lipinski definition) is 0. The van der Waals surface area contributed by atoms with E-state index in [0.717, 1.165) is 19.4 Å². The first kappa shape index (κ1) is 5.15. The fourth-order valence-electron chi connectivity index (χ4n) is 1.45. The summed E-state index contributed by atoms with van der Waals surface area (Å²) in [7, 11) is 0. The molecule has 2 nitrogen and oxygen atoms in total. The van der Waals surface area contributed by atoms with Gasteiger partial charge in [-0.2, -0.15) is 0 Å². The van der Waals surface area contributed by atoms with Gasteiger partial charge in [-0.15, -0.1) is 0 Å². The zero-order valence-corrected chi connectivity index (χ0v) is 5.33. The van der Waals surface area contributed by atoms with Gasteiger partial charge in [-0.25, -0.2) is 0 Å². The molecule has 2 heteroatoms. The van der Waals surface area contributed by atoms with Crippen molar-refractivity contribution in [3.05, 3.63) is 0 Å². The van der Waals surface area contributed by atoms with Crippen LogP contribution in [0.2, 0.25) is 0 Å². The molecule has 2 atom stereocenters. The first-order chi connectivity index (χ1) is 4.47. The zero-order chi connectivity index (χ0) is 6.10. The molecule has 2 rings (SSSR count). The Bertz CT molecular complexity index is 160. The third-order valence-electron chi connectivity index (χ3n) is 2.02. The van der Waals surface area contributed by atoms with E-state index < -0.39 is 0 Å². The molecule has 0 spiro atoms. The highest BCUT2D eigenvalue weighted by atomic mass is 14.9. The first-order valence-electron chi connectivity index (χ1n) is 3.48. The summed E-state index contributed by atoms with van der Waals surface area (Å²) < 4.78 is 0. The van der Waals surface area contributed by atoms with E-state index in [1.54, 1.807) is 0 Å². The van der Waals surface area contributed by atoms with Crippen LogP contribution in [0, 0.1) is 5.92 Å². The van der Waals surface area contributed by atoms with Gasteiger partial charge in [0.25, 0.3) is 0 Å². The highest BCUT2D eigenvalue weighted by Gasteiger charge is 2.23. The Balaban J connectivity index is 2.16. The summed E-state index contributed by atoms with van der Waals surface area (Å²) in [6.45, 7) is 0.985. The van der Waals surface area contributed by atoms with Crippen molar-refractivity contribution in [2.45, 2.75) is 18.9 Å². The van der Waals surface area contributed by atoms with Gasteiger partial charge in [-0.05, 0) is 19.1 Å². The van der Waals surface area contributed by atoms with Gasteiger partial charge < -0.3 is 0 Å². The van der Waals surface area contributed by atoms with Crippen LogP contribution in [0.3, 0.4) is 0 Å². The first-order valence-corrected chi connectivity index (χ1v) is 3.48. The summed E-state index contributed by atoms with van der Waals surface area (Å²) in [6, 6.07) is 0.586. The molecule has 0 aromatic heterocycles. The number of nitrogens with zero attached hydrogens (tertiary/aromatic N) is 2. The van der Waals surface area contributed by atoms with Gasteiger partial charge in [-0.3, -0.25) is 9.98 Å². The number of rotatable bonds is 0. The maximum absolute atomic E-state index is 4.34. The topological polar surface area (TPSA) is 24.7 Å². The van der Waals surface area contributed by atoms with Gasteiger partial charge in [0.05, 0.1) is 6.04 Å². The molecule has 2 aliphatic heterocycles. The van der Waals surface area contributed by atoms with Gasteiger partial charge >= 0.3 is 0 Å². The van der Waals surface area contributed by atoms with Crippen molar-refractivity contribution >= 4 is 12.4 Å². The van der Waals surface area contributed by atoms with Crippen molar-refractivity contribution < 1.29 is 0 Å². The average molecular weight is 122 g/mol. The SMILES string of the molecule is C1=NCCC2N=CCC12. The van der Waals surface area contributed by atoms with Crippen molar-refractivity contribution in [1.29, 1.82) is 0 Å². The second kappa shape index (κ2) is 1.94. The number of hydrogen-bond acceptors (Lipinski definition) is 2. The van der Waals surface area contributed by atoms with Crippen molar-refractivity contribution in [1.82, 2.24) is 0 Å². The van der Waals surface area contributed by atoms with E-state index >= 15 is 0 Å². The third kappa shape index (κ3) is 0.784. The van der Waals surface area contributed by atoms with Gasteiger partial charge in [0.15, 0.2) is 0 Å². The smallest absolute Gasteiger partial charge is 0.0594 e. The molecular weight excluding hydrogens is 112 g/mol. The lowest BCUT2D eigenvalue weighted by Gasteiger charge is -2.16. The summed E-state index contributed by atoms with van der Waals surface area (Å²) in [5.74, 6) is 0.652. The normalized spacial score (nSPS) is 39.1. The van der Waals surface area contributed by atoms with Crippen LogP contribution in [0.5, 0.6) is 0 Å². The molecule has 0 bridgehead atoms. The van der Waals surface area contributed by atoms with Crippen LogP contribution in [0.1, 0.15) is 12.8 Å². The molecule has 0 aromatic rings. The highest BCUT2D eigenvalue weighted by molar-refractivity contribution is 5.73. The fraction of sp³-hybridized carbons (Fsp3) is 0.714. The number of aliphatic imine (C=N–C) groups is 2. The molecule has 48 valence electrons. The Kier molecular flexibility index (Phi) is 1.11. The van der Waals surface area contributed by atoms with Crippen molar-refractivity contribution in [3.8, 4) is 0 Å². The number of fused-ring (bicyclic) bond motifs is 1. The maximum Gasteiger partial charge on any atom is 0.0594 e. The summed E-state index contributed by atoms with van der Waals surface area (Å²) in [5.41, 5.74) is 0. The molecule has 0 saturated heterocycles. The summed E-state index contributed by atoms with van der Waals surface area (Å²) in [6.07, 6.45) is 6.39. The minimum Gasteiger partial charge on any atom is -0.297 e. The molecule has 0 N–H and O–H groups in total. The van der Waals surface area contributed by atoms with E-state index in [-0.39, 0.29) is 0 Å². The lowest BCUT2D eigenvalue weighted by Crippen LogP contribution is -2.20. The molecule has 0 fully saturated rings. The molecule has 0 radical (unpaired) electrons. The standard InChI is InChI=1S/C7H10N2/c1-4-9-7-2-3-8-5-6(1)7/h4-7H,1-3H2. The van der Waals surface area contributed by atoms with Crippen molar-refractivity contribution in [3.63, 3.8) is 0 Å². The molecule has 2 heterocycles. The molecule has 9 heavy (non-hydrogen) atoms. The van der Waals surface area contributed by atoms with Gasteiger partial charge in [-0.1, -0.05) is 0 Å². The maximum atomic E-state index is 4.34. The van der Waals surface area contributed by atoms with E-state index in [1.165, 1.54) is 0 Å². The molecule has 0 saturated carbocycles. The second-order valence-corrected chi connectivity index (χ2v) is 2.64. The summed E-state index contributed by atoms with van der Waals surface area (Å²) in [5, 5.41) is 0. The largest absolute Gasteiger partial charge is 0.297 e. The van der Waals surface area contributed by atoms with E-state index in [2.05, 4.69) is 16.2 Å². The molecule has 2 unspecified atom stereocenters. The molecular formula is C7H10N2. The van der Waals surface area contributed by atoms with Crippen LogP contribution in [0.4, 0.5) is 0 Å². The van der Waals surface area contributed by atoms with Crippen LogP contribution in [0.15, 0.2) is 9.98 Å². The Morgan fingerprint density at radius 1 is 1.44 bits per heavy atom. The Hall–Kier alpha value is -0.660. The third-order valence-corrected chi connectivity index (χ3v) is 2.02. The predicted molar refractivity (Wildman–Crippen MR) is 38.4 cm³/mol. The average Bonchev–Trinajstić information content (AvgIpc) is 2.33. The van der Waals surface area contributed by atoms with E-state index in [1.807, 2.05) is 6.21 Å². The lowest BCUT2D eigenvalue weighted by molar-refractivity contribution is 0.533. The minimum atomic E-state index is 0.586. The summed E-state index contributed by atoms with van der Waals surface area (Å²) in [4.78, 5) is 8.56. The molecule has 0 amide bonds. The van der Waals surface area contributed by atoms with Gasteiger partial charge in [0, 0.05) is 18.7 Å². The van der Waals surface area contributed by atoms with Crippen molar-refractivity contribution in [2.24, 2.45) is 15.9 Å². The molecule has 0 aromatic carbocycles. The Morgan fingerprint density at radius 3 is 3.33 bits per heavy atom. The van der Waals surface area contributed by atoms with E-state index in [4.69, 9.17) is 0 Å². The second-order valence-electron chi connectivity index (χ2n) is 2.64. The van der Waals surface area contributed by atoms with E-state index in [0.29, 0.717) is 12.0 Å². The monoisotopic (exact) mass is 122 g/mol. The summed E-state index contributed by atoms with van der Waals surface area (Å²) >= 11 is 0. The van der Waals surface area contributed by atoms with Crippen LogP contribution in [0.25, 0.3) is 0 Å². The van der Waals surface area contributed by atoms with Crippen LogP contribution >= 0.6 is 0 Å². The minimum absolute atomic E-state index is 0.586. The van der Waals surface area contributed by atoms with Gasteiger partial charge in [0.1, 0.15) is 0 Å². The predicted octanol–water partition coefficient (Wildman–Crippen LogP) is 0.920. The lowest BCUT2D eigenvalue weighted by atomic mass is 9.97. The van der Waals surface area contributed by atoms with Crippen molar-refractivity contribution in [2.75, 3.05) is 6.54 Å². The van der Waals surface area contributed by atoms with Gasteiger partial charge in [0.2, 0.25) is 0 Å². The Labute approximate surface area is 54.7 Å². The van der Waals surface area contributed by atoms with Crippen LogP contribution < -0.4 is 0 Å². The fourth-order valence-corrected chi connectivity index (χ4v) is 1.45. The van der Waals surface area contributed by atoms with Crippen LogP contribution in [-0.2, 0) is 0 Å². The molecule has 0 aliphatic carbocycles. The van der Waals surface area contributed by atoms with E-state index in [9.17, 15) is 0 Å². The zero-order valence-electron chi connectivity index (χ0n) is 5.33. The Morgan fingerprint density at radius 2 is 2.44 bits per heavy atom. The highest BCUT2D eigenvalue weighted by Crippen LogP contribution is 2.21. The quantitative estimate of drug-likeness (QED) is 0.456.